The van der Waals surface area contributed by atoms with E-state index in [0.29, 0.717) is 17.7 Å². The predicted molar refractivity (Wildman–Crippen MR) is 130 cm³/mol. The highest BCUT2D eigenvalue weighted by molar-refractivity contribution is 7.99. The number of carbonyl (C=O) groups is 1. The summed E-state index contributed by atoms with van der Waals surface area (Å²) in [5.41, 5.74) is 4.86. The summed E-state index contributed by atoms with van der Waals surface area (Å²) in [7, 11) is 0. The lowest BCUT2D eigenvalue weighted by molar-refractivity contribution is -0.117. The van der Waals surface area contributed by atoms with Crippen LogP contribution in [0.4, 0.5) is 11.4 Å². The lowest BCUT2D eigenvalue weighted by Gasteiger charge is -2.31. The van der Waals surface area contributed by atoms with Crippen molar-refractivity contribution in [1.82, 2.24) is 4.98 Å². The number of amides is 1. The zero-order valence-corrected chi connectivity index (χ0v) is 19.3. The number of aromatic nitrogens is 1. The topological polar surface area (TPSA) is 57.0 Å². The summed E-state index contributed by atoms with van der Waals surface area (Å²) in [4.78, 5) is 22.2. The molecule has 160 valence electrons. The maximum atomic E-state index is 13.4. The molecule has 2 heterocycles. The molecule has 0 unspecified atom stereocenters. The van der Waals surface area contributed by atoms with Crippen LogP contribution in [0.2, 0.25) is 0 Å². The van der Waals surface area contributed by atoms with Crippen molar-refractivity contribution in [3.63, 3.8) is 0 Å². The molecule has 0 saturated heterocycles. The smallest absolute Gasteiger partial charge is 0.232 e. The van der Waals surface area contributed by atoms with Gasteiger partial charge in [-0.2, -0.15) is 5.26 Å². The average Bonchev–Trinajstić information content (AvgIpc) is 3.06. The van der Waals surface area contributed by atoms with Gasteiger partial charge in [0.25, 0.3) is 0 Å². The Labute approximate surface area is 197 Å². The van der Waals surface area contributed by atoms with Crippen molar-refractivity contribution in [2.45, 2.75) is 53.3 Å². The zero-order valence-electron chi connectivity index (χ0n) is 17.7. The van der Waals surface area contributed by atoms with Crippen LogP contribution in [0.1, 0.15) is 42.5 Å². The van der Waals surface area contributed by atoms with Gasteiger partial charge in [-0.05, 0) is 61.6 Å². The first-order valence-corrected chi connectivity index (χ1v) is 12.8. The van der Waals surface area contributed by atoms with Crippen molar-refractivity contribution in [3.05, 3.63) is 71.4 Å². The van der Waals surface area contributed by atoms with E-state index in [1.54, 1.807) is 11.8 Å². The number of hydrogen-bond donors (Lipinski definition) is 0. The summed E-state index contributed by atoms with van der Waals surface area (Å²) in [6.07, 6.45) is 5.89. The molecule has 2 aromatic carbocycles. The minimum absolute atomic E-state index is 0.0611. The van der Waals surface area contributed by atoms with E-state index in [4.69, 9.17) is 4.98 Å². The molecule has 4 nitrogen and oxygen atoms in total. The monoisotopic (exact) mass is 457 g/mol. The van der Waals surface area contributed by atoms with Crippen LogP contribution in [0.3, 0.4) is 0 Å². The Morgan fingerprint density at radius 2 is 1.72 bits per heavy atom. The molecule has 3 aromatic rings. The van der Waals surface area contributed by atoms with E-state index in [1.807, 2.05) is 47.4 Å². The number of thioether (sulfide) groups is 1. The first-order chi connectivity index (χ1) is 15.7. The first kappa shape index (κ1) is 21.1. The highest BCUT2D eigenvalue weighted by Crippen LogP contribution is 2.48. The molecule has 0 fully saturated rings. The van der Waals surface area contributed by atoms with E-state index in [2.05, 4.69) is 18.2 Å². The maximum absolute atomic E-state index is 13.4. The Balaban J connectivity index is 1.34. The Morgan fingerprint density at radius 1 is 1.03 bits per heavy atom. The van der Waals surface area contributed by atoms with Crippen LogP contribution in [0.5, 0.6) is 0 Å². The second-order valence-corrected chi connectivity index (χ2v) is 10.2. The first-order valence-electron chi connectivity index (χ1n) is 11.0. The molecule has 0 atom stereocenters. The Bertz CT molecular complexity index is 1170. The second kappa shape index (κ2) is 9.40. The van der Waals surface area contributed by atoms with Gasteiger partial charge in [-0.3, -0.25) is 9.69 Å². The molecule has 6 heteroatoms. The molecule has 1 aliphatic heterocycles. The molecule has 0 radical (unpaired) electrons. The zero-order chi connectivity index (χ0) is 21.9. The third-order valence-corrected chi connectivity index (χ3v) is 8.00. The highest BCUT2D eigenvalue weighted by Gasteiger charge is 2.27. The van der Waals surface area contributed by atoms with Gasteiger partial charge in [-0.1, -0.05) is 42.4 Å². The van der Waals surface area contributed by atoms with Crippen LogP contribution in [-0.4, -0.2) is 16.6 Å². The molecular formula is C26H23N3OS2. The van der Waals surface area contributed by atoms with Crippen LogP contribution in [0.25, 0.3) is 0 Å². The Morgan fingerprint density at radius 3 is 2.44 bits per heavy atom. The van der Waals surface area contributed by atoms with Crippen molar-refractivity contribution in [3.8, 4) is 6.07 Å². The van der Waals surface area contributed by atoms with Gasteiger partial charge < -0.3 is 0 Å². The van der Waals surface area contributed by atoms with Gasteiger partial charge >= 0.3 is 0 Å². The number of aryl methyl sites for hydroxylation is 2. The number of carbonyl (C=O) groups excluding carboxylic acids is 1. The lowest BCUT2D eigenvalue weighted by atomic mass is 10.1. The van der Waals surface area contributed by atoms with E-state index in [-0.39, 0.29) is 5.91 Å². The summed E-state index contributed by atoms with van der Waals surface area (Å²) in [5.74, 6) is 0.652. The van der Waals surface area contributed by atoms with E-state index in [1.165, 1.54) is 23.7 Å². The van der Waals surface area contributed by atoms with Crippen molar-refractivity contribution in [2.24, 2.45) is 0 Å². The second-order valence-electron chi connectivity index (χ2n) is 7.98. The quantitative estimate of drug-likeness (QED) is 0.329. The number of benzene rings is 2. The van der Waals surface area contributed by atoms with Crippen molar-refractivity contribution >= 4 is 40.8 Å². The summed E-state index contributed by atoms with van der Waals surface area (Å²) >= 11 is 3.22. The molecule has 5 rings (SSSR count). The van der Waals surface area contributed by atoms with Crippen LogP contribution in [0.15, 0.2) is 69.4 Å². The average molecular weight is 458 g/mol. The number of anilines is 2. The fourth-order valence-corrected chi connectivity index (χ4v) is 6.26. The largest absolute Gasteiger partial charge is 0.279 e. The van der Waals surface area contributed by atoms with Crippen molar-refractivity contribution < 1.29 is 4.79 Å². The summed E-state index contributed by atoms with van der Waals surface area (Å²) in [6, 6.07) is 20.4. The fourth-order valence-electron chi connectivity index (χ4n) is 4.30. The van der Waals surface area contributed by atoms with Crippen LogP contribution < -0.4 is 4.90 Å². The molecule has 1 aromatic heterocycles. The van der Waals surface area contributed by atoms with Gasteiger partial charge in [0.15, 0.2) is 0 Å². The number of nitrogens with zero attached hydrogens (tertiary/aromatic N) is 3. The van der Waals surface area contributed by atoms with Gasteiger partial charge in [0.05, 0.1) is 16.9 Å². The van der Waals surface area contributed by atoms with Gasteiger partial charge in [0, 0.05) is 27.7 Å². The van der Waals surface area contributed by atoms with E-state index < -0.39 is 0 Å². The van der Waals surface area contributed by atoms with Crippen LogP contribution in [0, 0.1) is 11.3 Å². The predicted octanol–water partition coefficient (Wildman–Crippen LogP) is 6.53. The molecule has 0 saturated carbocycles. The van der Waals surface area contributed by atoms with E-state index in [0.717, 1.165) is 57.6 Å². The standard InChI is InChI=1S/C26H23N3OS2/c27-17-19-16-18-8-2-1-3-9-20(18)28-26(19)31-15-14-25(30)29-21-10-4-6-12-23(21)32-24-13-7-5-11-22(24)29/h4-7,10-13,16H,1-3,8-9,14-15H2. The van der Waals surface area contributed by atoms with Gasteiger partial charge in [0.1, 0.15) is 11.1 Å². The minimum Gasteiger partial charge on any atom is -0.279 e. The summed E-state index contributed by atoms with van der Waals surface area (Å²) in [6.45, 7) is 0. The molecule has 0 N–H and O–H groups in total. The number of fused-ring (bicyclic) bond motifs is 3. The number of pyridine rings is 1. The number of hydrogen-bond acceptors (Lipinski definition) is 5. The highest BCUT2D eigenvalue weighted by atomic mass is 32.2. The van der Waals surface area contributed by atoms with Gasteiger partial charge in [-0.15, -0.1) is 11.8 Å². The molecule has 1 aliphatic carbocycles. The maximum Gasteiger partial charge on any atom is 0.232 e. The minimum atomic E-state index is 0.0611. The molecule has 32 heavy (non-hydrogen) atoms. The Kier molecular flexibility index (Phi) is 6.20. The molecule has 0 spiro atoms. The Hall–Kier alpha value is -2.75. The molecule has 1 amide bonds. The van der Waals surface area contributed by atoms with Crippen LogP contribution >= 0.6 is 23.5 Å². The number of rotatable bonds is 4. The van der Waals surface area contributed by atoms with Gasteiger partial charge in [-0.25, -0.2) is 4.98 Å². The van der Waals surface area contributed by atoms with Gasteiger partial charge in [0.2, 0.25) is 5.91 Å². The van der Waals surface area contributed by atoms with E-state index >= 15 is 0 Å². The normalized spacial score (nSPS) is 14.5. The molecule has 2 aliphatic rings. The lowest BCUT2D eigenvalue weighted by Crippen LogP contribution is -2.28. The summed E-state index contributed by atoms with van der Waals surface area (Å²) < 4.78 is 0. The van der Waals surface area contributed by atoms with E-state index in [9.17, 15) is 10.1 Å². The molecular weight excluding hydrogens is 434 g/mol. The third kappa shape index (κ3) is 4.15. The number of para-hydroxylation sites is 2. The fraction of sp³-hybridized carbons (Fsp3) is 0.269. The number of nitriles is 1. The van der Waals surface area contributed by atoms with Crippen LogP contribution in [-0.2, 0) is 17.6 Å². The summed E-state index contributed by atoms with van der Waals surface area (Å²) in [5, 5.41) is 10.4. The van der Waals surface area contributed by atoms with Crippen molar-refractivity contribution in [2.75, 3.05) is 10.7 Å². The third-order valence-electron chi connectivity index (χ3n) is 5.87. The van der Waals surface area contributed by atoms with Crippen molar-refractivity contribution in [1.29, 1.82) is 5.26 Å². The SMILES string of the molecule is N#Cc1cc2c(nc1SCCC(=O)N1c3ccccc3Sc3ccccc31)CCCCC2. The molecule has 0 bridgehead atoms.